The molecule has 20 heavy (non-hydrogen) atoms. The van der Waals surface area contributed by atoms with Gasteiger partial charge in [0, 0.05) is 33.9 Å². The van der Waals surface area contributed by atoms with Crippen LogP contribution >= 0.6 is 0 Å². The Kier molecular flexibility index (Phi) is 6.11. The van der Waals surface area contributed by atoms with Gasteiger partial charge in [0.15, 0.2) is 0 Å². The van der Waals surface area contributed by atoms with Crippen molar-refractivity contribution in [2.24, 2.45) is 0 Å². The largest absolute Gasteiger partial charge is 0.485 e. The number of para-hydroxylation sites is 2. The van der Waals surface area contributed by atoms with Crippen LogP contribution in [0, 0.1) is 0 Å². The van der Waals surface area contributed by atoms with Crippen molar-refractivity contribution < 1.29 is 14.2 Å². The van der Waals surface area contributed by atoms with E-state index in [2.05, 4.69) is 10.2 Å². The number of hydrogen-bond donors (Lipinski definition) is 1. The highest BCUT2D eigenvalue weighted by molar-refractivity contribution is 5.57. The van der Waals surface area contributed by atoms with Crippen LogP contribution in [0.2, 0.25) is 0 Å². The second-order valence-corrected chi connectivity index (χ2v) is 4.90. The summed E-state index contributed by atoms with van der Waals surface area (Å²) in [7, 11) is 3.45. The zero-order chi connectivity index (χ0) is 14.2. The molecule has 112 valence electrons. The third-order valence-electron chi connectivity index (χ3n) is 3.39. The molecular formula is C15H24N2O3. The van der Waals surface area contributed by atoms with E-state index in [9.17, 15) is 0 Å². The molecule has 5 nitrogen and oxygen atoms in total. The Labute approximate surface area is 120 Å². The molecule has 0 aromatic heterocycles. The molecule has 2 rings (SSSR count). The number of anilines is 1. The molecule has 1 aliphatic rings. The molecule has 1 unspecified atom stereocenters. The fraction of sp³-hybridized carbons (Fsp3) is 0.600. The van der Waals surface area contributed by atoms with Crippen LogP contribution in [0.5, 0.6) is 5.75 Å². The van der Waals surface area contributed by atoms with Gasteiger partial charge in [-0.2, -0.15) is 0 Å². The molecule has 1 aromatic rings. The smallest absolute Gasteiger partial charge is 0.142 e. The first-order valence-corrected chi connectivity index (χ1v) is 7.03. The van der Waals surface area contributed by atoms with Crippen molar-refractivity contribution in [3.63, 3.8) is 0 Å². The van der Waals surface area contributed by atoms with E-state index in [1.54, 1.807) is 14.2 Å². The van der Waals surface area contributed by atoms with E-state index in [0.717, 1.165) is 50.8 Å². The third-order valence-corrected chi connectivity index (χ3v) is 3.39. The highest BCUT2D eigenvalue weighted by Crippen LogP contribution is 2.28. The van der Waals surface area contributed by atoms with E-state index in [1.165, 1.54) is 0 Å². The summed E-state index contributed by atoms with van der Waals surface area (Å²) >= 11 is 0. The van der Waals surface area contributed by atoms with Gasteiger partial charge >= 0.3 is 0 Å². The summed E-state index contributed by atoms with van der Waals surface area (Å²) in [6.07, 6.45) is 0.151. The SMILES string of the molecule is COCCN(CCOC)CC1CNc2ccccc2O1. The third kappa shape index (κ3) is 4.37. The lowest BCUT2D eigenvalue weighted by molar-refractivity contribution is 0.0809. The van der Waals surface area contributed by atoms with Crippen molar-refractivity contribution in [2.75, 3.05) is 58.9 Å². The Hall–Kier alpha value is -1.30. The standard InChI is InChI=1S/C15H24N2O3/c1-18-9-7-17(8-10-19-2)12-13-11-16-14-5-3-4-6-15(14)20-13/h3-6,13,16H,7-12H2,1-2H3. The van der Waals surface area contributed by atoms with Crippen LogP contribution in [0.3, 0.4) is 0 Å². The van der Waals surface area contributed by atoms with Gasteiger partial charge in [0.05, 0.1) is 25.4 Å². The molecule has 0 saturated carbocycles. The van der Waals surface area contributed by atoms with Crippen LogP contribution in [0.15, 0.2) is 24.3 Å². The van der Waals surface area contributed by atoms with E-state index in [4.69, 9.17) is 14.2 Å². The summed E-state index contributed by atoms with van der Waals surface area (Å²) in [6, 6.07) is 8.05. The van der Waals surface area contributed by atoms with Gasteiger partial charge in [-0.05, 0) is 12.1 Å². The van der Waals surface area contributed by atoms with Gasteiger partial charge < -0.3 is 19.5 Å². The maximum atomic E-state index is 6.04. The highest BCUT2D eigenvalue weighted by atomic mass is 16.5. The van der Waals surface area contributed by atoms with Gasteiger partial charge in [0.25, 0.3) is 0 Å². The van der Waals surface area contributed by atoms with Gasteiger partial charge in [-0.25, -0.2) is 0 Å². The normalized spacial score (nSPS) is 17.4. The summed E-state index contributed by atoms with van der Waals surface area (Å²) in [5, 5.41) is 3.42. The molecule has 0 spiro atoms. The van der Waals surface area contributed by atoms with Crippen LogP contribution in [-0.2, 0) is 9.47 Å². The van der Waals surface area contributed by atoms with Crippen LogP contribution in [0.4, 0.5) is 5.69 Å². The molecule has 0 amide bonds. The van der Waals surface area contributed by atoms with Crippen molar-refractivity contribution in [1.82, 2.24) is 4.90 Å². The number of benzene rings is 1. The Morgan fingerprint density at radius 2 is 1.90 bits per heavy atom. The van der Waals surface area contributed by atoms with Gasteiger partial charge in [0.1, 0.15) is 11.9 Å². The molecule has 1 atom stereocenters. The number of nitrogens with one attached hydrogen (secondary N) is 1. The Morgan fingerprint density at radius 1 is 1.20 bits per heavy atom. The first-order chi connectivity index (χ1) is 9.83. The quantitative estimate of drug-likeness (QED) is 0.781. The first kappa shape index (κ1) is 15.1. The predicted octanol–water partition coefficient (Wildman–Crippen LogP) is 1.45. The Bertz CT molecular complexity index is 392. The van der Waals surface area contributed by atoms with Crippen molar-refractivity contribution in [2.45, 2.75) is 6.10 Å². The molecule has 0 aliphatic carbocycles. The van der Waals surface area contributed by atoms with Crippen LogP contribution < -0.4 is 10.1 Å². The van der Waals surface area contributed by atoms with E-state index in [0.29, 0.717) is 0 Å². The van der Waals surface area contributed by atoms with Crippen LogP contribution in [0.1, 0.15) is 0 Å². The minimum atomic E-state index is 0.151. The Morgan fingerprint density at radius 3 is 2.60 bits per heavy atom. The van der Waals surface area contributed by atoms with Gasteiger partial charge in [0.2, 0.25) is 0 Å². The zero-order valence-corrected chi connectivity index (χ0v) is 12.3. The monoisotopic (exact) mass is 280 g/mol. The fourth-order valence-corrected chi connectivity index (χ4v) is 2.29. The zero-order valence-electron chi connectivity index (χ0n) is 12.3. The van der Waals surface area contributed by atoms with E-state index >= 15 is 0 Å². The first-order valence-electron chi connectivity index (χ1n) is 7.03. The van der Waals surface area contributed by atoms with Gasteiger partial charge in [-0.3, -0.25) is 4.90 Å². The Balaban J connectivity index is 1.87. The van der Waals surface area contributed by atoms with Crippen molar-refractivity contribution >= 4 is 5.69 Å². The van der Waals surface area contributed by atoms with E-state index < -0.39 is 0 Å². The summed E-state index contributed by atoms with van der Waals surface area (Å²) in [6.45, 7) is 4.92. The average molecular weight is 280 g/mol. The minimum Gasteiger partial charge on any atom is -0.485 e. The molecule has 0 fully saturated rings. The number of hydrogen-bond acceptors (Lipinski definition) is 5. The number of ether oxygens (including phenoxy) is 3. The summed E-state index contributed by atoms with van der Waals surface area (Å²) in [5.41, 5.74) is 1.07. The summed E-state index contributed by atoms with van der Waals surface area (Å²) in [4.78, 5) is 2.31. The highest BCUT2D eigenvalue weighted by Gasteiger charge is 2.21. The predicted molar refractivity (Wildman–Crippen MR) is 79.5 cm³/mol. The lowest BCUT2D eigenvalue weighted by Gasteiger charge is -2.31. The van der Waals surface area contributed by atoms with Crippen molar-refractivity contribution in [1.29, 1.82) is 0 Å². The number of rotatable bonds is 8. The molecule has 0 radical (unpaired) electrons. The molecular weight excluding hydrogens is 256 g/mol. The summed E-state index contributed by atoms with van der Waals surface area (Å²) < 4.78 is 16.4. The number of fused-ring (bicyclic) bond motifs is 1. The van der Waals surface area contributed by atoms with Crippen LogP contribution in [0.25, 0.3) is 0 Å². The van der Waals surface area contributed by atoms with E-state index in [-0.39, 0.29) is 6.10 Å². The number of methoxy groups -OCH3 is 2. The second-order valence-electron chi connectivity index (χ2n) is 4.90. The molecule has 1 aliphatic heterocycles. The summed E-state index contributed by atoms with van der Waals surface area (Å²) in [5.74, 6) is 0.933. The van der Waals surface area contributed by atoms with Gasteiger partial charge in [-0.1, -0.05) is 12.1 Å². The molecule has 1 aromatic carbocycles. The lowest BCUT2D eigenvalue weighted by atomic mass is 10.2. The van der Waals surface area contributed by atoms with Crippen LogP contribution in [-0.4, -0.2) is 64.6 Å². The lowest BCUT2D eigenvalue weighted by Crippen LogP contribution is -2.43. The average Bonchev–Trinajstić information content (AvgIpc) is 2.50. The number of nitrogens with zero attached hydrogens (tertiary/aromatic N) is 1. The molecule has 5 heteroatoms. The fourth-order valence-electron chi connectivity index (χ4n) is 2.29. The van der Waals surface area contributed by atoms with Crippen molar-refractivity contribution in [3.8, 4) is 5.75 Å². The minimum absolute atomic E-state index is 0.151. The second kappa shape index (κ2) is 8.09. The maximum absolute atomic E-state index is 6.04. The van der Waals surface area contributed by atoms with Crippen molar-refractivity contribution in [3.05, 3.63) is 24.3 Å². The van der Waals surface area contributed by atoms with E-state index in [1.807, 2.05) is 24.3 Å². The topological polar surface area (TPSA) is 43.0 Å². The van der Waals surface area contributed by atoms with Gasteiger partial charge in [-0.15, -0.1) is 0 Å². The molecule has 1 heterocycles. The maximum Gasteiger partial charge on any atom is 0.142 e. The molecule has 0 saturated heterocycles. The molecule has 0 bridgehead atoms. The molecule has 1 N–H and O–H groups in total.